The number of morpholine rings is 1. The van der Waals surface area contributed by atoms with Crippen LogP contribution >= 0.6 is 0 Å². The van der Waals surface area contributed by atoms with Gasteiger partial charge in [0.05, 0.1) is 25.4 Å². The zero-order valence-electron chi connectivity index (χ0n) is 9.14. The van der Waals surface area contributed by atoms with Crippen molar-refractivity contribution in [2.24, 2.45) is 0 Å². The van der Waals surface area contributed by atoms with Crippen molar-refractivity contribution in [2.45, 2.75) is 43.9 Å². The van der Waals surface area contributed by atoms with E-state index in [-0.39, 0.29) is 6.61 Å². The minimum Gasteiger partial charge on any atom is -0.394 e. The summed E-state index contributed by atoms with van der Waals surface area (Å²) in [5.41, 5.74) is 0. The van der Waals surface area contributed by atoms with Gasteiger partial charge in [0.15, 0.2) is 0 Å². The molecule has 1 saturated heterocycles. The summed E-state index contributed by atoms with van der Waals surface area (Å²) in [5.74, 6) is 0. The summed E-state index contributed by atoms with van der Waals surface area (Å²) in [4.78, 5) is 2.29. The summed E-state index contributed by atoms with van der Waals surface area (Å²) in [5, 5.41) is 18.3. The molecule has 4 nitrogen and oxygen atoms in total. The second-order valence-corrected chi connectivity index (χ2v) is 4.59. The van der Waals surface area contributed by atoms with Crippen LogP contribution in [0.1, 0.15) is 25.7 Å². The number of nitrogens with zero attached hydrogens (tertiary/aromatic N) is 1. The van der Waals surface area contributed by atoms with Crippen LogP contribution in [0.3, 0.4) is 0 Å². The Morgan fingerprint density at radius 2 is 2.13 bits per heavy atom. The molecule has 0 aromatic heterocycles. The number of hydrogen-bond donors (Lipinski definition) is 2. The van der Waals surface area contributed by atoms with Crippen molar-refractivity contribution in [3.8, 4) is 0 Å². The van der Waals surface area contributed by atoms with Crippen LogP contribution in [0, 0.1) is 0 Å². The van der Waals surface area contributed by atoms with Crippen LogP contribution in [0.2, 0.25) is 0 Å². The van der Waals surface area contributed by atoms with E-state index in [1.54, 1.807) is 0 Å². The summed E-state index contributed by atoms with van der Waals surface area (Å²) in [7, 11) is 0. The lowest BCUT2D eigenvalue weighted by Gasteiger charge is -2.44. The zero-order valence-corrected chi connectivity index (χ0v) is 9.14. The zero-order chi connectivity index (χ0) is 10.7. The molecule has 1 aliphatic heterocycles. The van der Waals surface area contributed by atoms with Gasteiger partial charge >= 0.3 is 0 Å². The summed E-state index contributed by atoms with van der Waals surface area (Å²) in [6.07, 6.45) is 4.59. The van der Waals surface area contributed by atoms with Crippen molar-refractivity contribution in [3.05, 3.63) is 0 Å². The van der Waals surface area contributed by atoms with Crippen molar-refractivity contribution in [2.75, 3.05) is 26.3 Å². The summed E-state index contributed by atoms with van der Waals surface area (Å²) in [6.45, 7) is 2.09. The Morgan fingerprint density at radius 3 is 2.93 bits per heavy atom. The Morgan fingerprint density at radius 1 is 1.33 bits per heavy atom. The topological polar surface area (TPSA) is 52.9 Å². The molecule has 3 unspecified atom stereocenters. The maximum absolute atomic E-state index is 9.47. The minimum absolute atomic E-state index is 0.144. The Kier molecular flexibility index (Phi) is 3.97. The lowest BCUT2D eigenvalue weighted by molar-refractivity contribution is -0.0999. The molecule has 0 radical (unpaired) electrons. The van der Waals surface area contributed by atoms with E-state index in [9.17, 15) is 5.11 Å². The molecule has 2 rings (SSSR count). The third-order valence-corrected chi connectivity index (χ3v) is 3.50. The van der Waals surface area contributed by atoms with E-state index in [0.717, 1.165) is 19.6 Å². The van der Waals surface area contributed by atoms with Crippen molar-refractivity contribution in [3.63, 3.8) is 0 Å². The fraction of sp³-hybridized carbons (Fsp3) is 1.00. The van der Waals surface area contributed by atoms with Gasteiger partial charge in [0, 0.05) is 19.1 Å². The van der Waals surface area contributed by atoms with E-state index in [1.807, 2.05) is 0 Å². The van der Waals surface area contributed by atoms with Crippen LogP contribution in [-0.2, 0) is 4.74 Å². The molecule has 15 heavy (non-hydrogen) atoms. The molecular formula is C11H21NO3. The first-order valence-electron chi connectivity index (χ1n) is 5.96. The second-order valence-electron chi connectivity index (χ2n) is 4.59. The van der Waals surface area contributed by atoms with Crippen LogP contribution in [0.4, 0.5) is 0 Å². The van der Waals surface area contributed by atoms with Crippen LogP contribution in [-0.4, -0.2) is 59.7 Å². The molecule has 0 bridgehead atoms. The number of aliphatic hydroxyl groups is 2. The predicted octanol–water partition coefficient (Wildman–Crippen LogP) is -0.0170. The van der Waals surface area contributed by atoms with Crippen molar-refractivity contribution >= 4 is 0 Å². The van der Waals surface area contributed by atoms with Crippen LogP contribution < -0.4 is 0 Å². The fourth-order valence-corrected chi connectivity index (χ4v) is 2.73. The minimum atomic E-state index is -0.606. The number of ether oxygens (including phenoxy) is 1. The highest BCUT2D eigenvalue weighted by atomic mass is 16.5. The smallest absolute Gasteiger partial charge is 0.0897 e. The third-order valence-electron chi connectivity index (χ3n) is 3.50. The van der Waals surface area contributed by atoms with Crippen LogP contribution in [0.15, 0.2) is 0 Å². The summed E-state index contributed by atoms with van der Waals surface area (Å²) < 4.78 is 5.74. The second kappa shape index (κ2) is 5.25. The first kappa shape index (κ1) is 11.3. The standard InChI is InChI=1S/C11H21NO3/c13-8-9(14)7-12-5-6-15-11-4-2-1-3-10(11)12/h9-11,13-14H,1-8H2. The Bertz CT molecular complexity index is 198. The monoisotopic (exact) mass is 215 g/mol. The van der Waals surface area contributed by atoms with Crippen LogP contribution in [0.5, 0.6) is 0 Å². The lowest BCUT2D eigenvalue weighted by Crippen LogP contribution is -2.54. The Balaban J connectivity index is 1.91. The molecule has 0 spiro atoms. The number of fused-ring (bicyclic) bond motifs is 1. The van der Waals surface area contributed by atoms with Crippen molar-refractivity contribution in [1.82, 2.24) is 4.90 Å². The van der Waals surface area contributed by atoms with Gasteiger partial charge in [0.25, 0.3) is 0 Å². The first-order valence-corrected chi connectivity index (χ1v) is 5.96. The molecule has 0 aromatic rings. The van der Waals surface area contributed by atoms with Gasteiger partial charge in [-0.3, -0.25) is 4.90 Å². The maximum Gasteiger partial charge on any atom is 0.0897 e. The quantitative estimate of drug-likeness (QED) is 0.695. The molecule has 3 atom stereocenters. The van der Waals surface area contributed by atoms with Crippen molar-refractivity contribution in [1.29, 1.82) is 0 Å². The van der Waals surface area contributed by atoms with Gasteiger partial charge in [-0.05, 0) is 12.8 Å². The molecular weight excluding hydrogens is 194 g/mol. The molecule has 2 aliphatic rings. The normalized spacial score (nSPS) is 34.8. The van der Waals surface area contributed by atoms with E-state index in [4.69, 9.17) is 9.84 Å². The molecule has 2 N–H and O–H groups in total. The van der Waals surface area contributed by atoms with Gasteiger partial charge in [0.2, 0.25) is 0 Å². The number of hydrogen-bond acceptors (Lipinski definition) is 4. The predicted molar refractivity (Wildman–Crippen MR) is 56.7 cm³/mol. The third kappa shape index (κ3) is 2.69. The van der Waals surface area contributed by atoms with Gasteiger partial charge in [-0.15, -0.1) is 0 Å². The van der Waals surface area contributed by atoms with E-state index >= 15 is 0 Å². The van der Waals surface area contributed by atoms with Gasteiger partial charge in [-0.2, -0.15) is 0 Å². The average molecular weight is 215 g/mol. The maximum atomic E-state index is 9.47. The lowest BCUT2D eigenvalue weighted by atomic mass is 9.90. The van der Waals surface area contributed by atoms with Crippen molar-refractivity contribution < 1.29 is 14.9 Å². The largest absolute Gasteiger partial charge is 0.394 e. The highest BCUT2D eigenvalue weighted by Crippen LogP contribution is 2.28. The summed E-state index contributed by atoms with van der Waals surface area (Å²) >= 11 is 0. The number of rotatable bonds is 3. The van der Waals surface area contributed by atoms with Gasteiger partial charge in [-0.1, -0.05) is 12.8 Å². The van der Waals surface area contributed by atoms with Gasteiger partial charge in [0.1, 0.15) is 0 Å². The highest BCUT2D eigenvalue weighted by Gasteiger charge is 2.34. The van der Waals surface area contributed by atoms with E-state index < -0.39 is 6.10 Å². The highest BCUT2D eigenvalue weighted by molar-refractivity contribution is 4.88. The molecule has 0 amide bonds. The molecule has 2 fully saturated rings. The first-order chi connectivity index (χ1) is 7.31. The fourth-order valence-electron chi connectivity index (χ4n) is 2.73. The number of β-amino-alcohol motifs (C(OH)–C–C–N with tert-alkyl or cyclic N) is 1. The van der Waals surface area contributed by atoms with E-state index in [1.165, 1.54) is 19.3 Å². The molecule has 1 saturated carbocycles. The molecule has 1 heterocycles. The van der Waals surface area contributed by atoms with E-state index in [2.05, 4.69) is 4.90 Å². The van der Waals surface area contributed by atoms with E-state index in [0.29, 0.717) is 18.7 Å². The van der Waals surface area contributed by atoms with Crippen LogP contribution in [0.25, 0.3) is 0 Å². The number of aliphatic hydroxyl groups excluding tert-OH is 2. The molecule has 0 aromatic carbocycles. The molecule has 1 aliphatic carbocycles. The SMILES string of the molecule is OCC(O)CN1CCOC2CCCCC21. The Labute approximate surface area is 90.8 Å². The summed E-state index contributed by atoms with van der Waals surface area (Å²) in [6, 6.07) is 0.466. The van der Waals surface area contributed by atoms with Gasteiger partial charge < -0.3 is 14.9 Å². The molecule has 4 heteroatoms. The van der Waals surface area contributed by atoms with Gasteiger partial charge in [-0.25, -0.2) is 0 Å². The average Bonchev–Trinajstić information content (AvgIpc) is 2.29. The Hall–Kier alpha value is -0.160. The molecule has 88 valence electrons.